The molecule has 0 atom stereocenters. The number of hydrogen-bond donors (Lipinski definition) is 0. The van der Waals surface area contributed by atoms with Crippen LogP contribution < -0.4 is 0 Å². The number of pyridine rings is 1. The van der Waals surface area contributed by atoms with E-state index in [0.29, 0.717) is 5.82 Å². The smallest absolute Gasteiger partial charge is 0.160 e. The summed E-state index contributed by atoms with van der Waals surface area (Å²) in [5.41, 5.74) is 12.5. The summed E-state index contributed by atoms with van der Waals surface area (Å²) in [6.07, 6.45) is 0. The molecule has 0 unspecified atom stereocenters. The van der Waals surface area contributed by atoms with E-state index in [1.54, 1.807) is 0 Å². The van der Waals surface area contributed by atoms with Gasteiger partial charge in [0.1, 0.15) is 0 Å². The number of benzene rings is 8. The number of nitrogens with zero attached hydrogens (tertiary/aromatic N) is 3. The van der Waals surface area contributed by atoms with Gasteiger partial charge in [-0.3, -0.25) is 0 Å². The summed E-state index contributed by atoms with van der Waals surface area (Å²) in [5, 5.41) is 6.24. The SMILES string of the molecule is c1ccc(-c2ccc(-c3cc(-c4ccccc4)nc(-c4cccc(-c5nc6c(-c7cccc8c7sc7ccccc78)cccc6c6c5sc5ccccc56)c4)n3)cc2)cc1. The van der Waals surface area contributed by atoms with E-state index in [2.05, 4.69) is 188 Å². The Balaban J connectivity index is 1.06. The zero-order chi connectivity index (χ0) is 39.6. The van der Waals surface area contributed by atoms with Gasteiger partial charge in [-0.1, -0.05) is 176 Å². The lowest BCUT2D eigenvalue weighted by atomic mass is 9.96. The molecular weight excluding hydrogens is 767 g/mol. The van der Waals surface area contributed by atoms with Crippen molar-refractivity contribution in [3.8, 4) is 67.4 Å². The van der Waals surface area contributed by atoms with Gasteiger partial charge >= 0.3 is 0 Å². The fourth-order valence-electron chi connectivity index (χ4n) is 8.63. The maximum Gasteiger partial charge on any atom is 0.160 e. The van der Waals surface area contributed by atoms with Gasteiger partial charge in [0, 0.05) is 74.4 Å². The molecule has 0 N–H and O–H groups in total. The largest absolute Gasteiger partial charge is 0.246 e. The minimum Gasteiger partial charge on any atom is -0.246 e. The molecular formula is C55H33N3S2. The van der Waals surface area contributed by atoms with Crippen molar-refractivity contribution in [1.29, 1.82) is 0 Å². The van der Waals surface area contributed by atoms with Crippen molar-refractivity contribution in [2.75, 3.05) is 0 Å². The zero-order valence-electron chi connectivity index (χ0n) is 32.2. The molecule has 0 aliphatic rings. The molecule has 0 aliphatic heterocycles. The summed E-state index contributed by atoms with van der Waals surface area (Å²) in [6, 6.07) is 71.1. The lowest BCUT2D eigenvalue weighted by Crippen LogP contribution is -1.96. The highest BCUT2D eigenvalue weighted by Crippen LogP contribution is 2.47. The van der Waals surface area contributed by atoms with E-state index in [-0.39, 0.29) is 0 Å². The molecule has 0 radical (unpaired) electrons. The molecule has 0 spiro atoms. The third-order valence-corrected chi connectivity index (χ3v) is 13.9. The first-order valence-electron chi connectivity index (χ1n) is 20.1. The molecule has 0 bridgehead atoms. The van der Waals surface area contributed by atoms with Crippen molar-refractivity contribution in [3.63, 3.8) is 0 Å². The molecule has 0 aliphatic carbocycles. The van der Waals surface area contributed by atoms with Gasteiger partial charge in [0.05, 0.1) is 27.3 Å². The zero-order valence-corrected chi connectivity index (χ0v) is 33.8. The summed E-state index contributed by atoms with van der Waals surface area (Å²) >= 11 is 3.67. The summed E-state index contributed by atoms with van der Waals surface area (Å²) in [5.74, 6) is 0.672. The van der Waals surface area contributed by atoms with Gasteiger partial charge in [0.2, 0.25) is 0 Å². The van der Waals surface area contributed by atoms with E-state index in [1.165, 1.54) is 62.4 Å². The molecule has 0 amide bonds. The van der Waals surface area contributed by atoms with Crippen LogP contribution in [0.1, 0.15) is 0 Å². The van der Waals surface area contributed by atoms with Crippen molar-refractivity contribution >= 4 is 73.9 Å². The second-order valence-corrected chi connectivity index (χ2v) is 17.2. The number of aromatic nitrogens is 3. The second kappa shape index (κ2) is 14.2. The highest BCUT2D eigenvalue weighted by molar-refractivity contribution is 7.27. The third kappa shape index (κ3) is 5.82. The Hall–Kier alpha value is -7.31. The number of rotatable bonds is 6. The molecule has 60 heavy (non-hydrogen) atoms. The monoisotopic (exact) mass is 799 g/mol. The molecule has 280 valence electrons. The Morgan fingerprint density at radius 2 is 0.833 bits per heavy atom. The van der Waals surface area contributed by atoms with Crippen molar-refractivity contribution in [3.05, 3.63) is 200 Å². The van der Waals surface area contributed by atoms with Crippen LogP contribution in [0.5, 0.6) is 0 Å². The topological polar surface area (TPSA) is 38.7 Å². The first-order chi connectivity index (χ1) is 29.7. The van der Waals surface area contributed by atoms with Crippen LogP contribution >= 0.6 is 22.7 Å². The molecule has 12 aromatic rings. The van der Waals surface area contributed by atoms with Crippen molar-refractivity contribution in [2.24, 2.45) is 0 Å². The Morgan fingerprint density at radius 3 is 1.60 bits per heavy atom. The van der Waals surface area contributed by atoms with Gasteiger partial charge in [-0.25, -0.2) is 15.0 Å². The summed E-state index contributed by atoms with van der Waals surface area (Å²) in [7, 11) is 0. The second-order valence-electron chi connectivity index (χ2n) is 15.1. The number of hydrogen-bond acceptors (Lipinski definition) is 5. The fourth-order valence-corrected chi connectivity index (χ4v) is 11.1. The van der Waals surface area contributed by atoms with E-state index in [4.69, 9.17) is 15.0 Å². The number of fused-ring (bicyclic) bond motifs is 8. The molecule has 0 saturated heterocycles. The molecule has 4 heterocycles. The summed E-state index contributed by atoms with van der Waals surface area (Å²) in [4.78, 5) is 16.2. The predicted molar refractivity (Wildman–Crippen MR) is 256 cm³/mol. The molecule has 5 heteroatoms. The number of thiophene rings is 2. The maximum absolute atomic E-state index is 5.68. The molecule has 8 aromatic carbocycles. The van der Waals surface area contributed by atoms with E-state index < -0.39 is 0 Å². The van der Waals surface area contributed by atoms with Crippen LogP contribution in [-0.4, -0.2) is 15.0 Å². The quantitative estimate of drug-likeness (QED) is 0.168. The first kappa shape index (κ1) is 34.7. The van der Waals surface area contributed by atoms with Crippen molar-refractivity contribution < 1.29 is 0 Å². The van der Waals surface area contributed by atoms with Gasteiger partial charge in [-0.2, -0.15) is 0 Å². The average Bonchev–Trinajstić information content (AvgIpc) is 3.91. The van der Waals surface area contributed by atoms with Crippen LogP contribution in [0.25, 0.3) is 119 Å². The van der Waals surface area contributed by atoms with Gasteiger partial charge < -0.3 is 0 Å². The fraction of sp³-hybridized carbons (Fsp3) is 0. The van der Waals surface area contributed by atoms with E-state index in [1.807, 2.05) is 34.8 Å². The molecule has 0 fully saturated rings. The van der Waals surface area contributed by atoms with Crippen LogP contribution in [0.2, 0.25) is 0 Å². The lowest BCUT2D eigenvalue weighted by Gasteiger charge is -2.13. The molecule has 3 nitrogen and oxygen atoms in total. The Morgan fingerprint density at radius 1 is 0.317 bits per heavy atom. The van der Waals surface area contributed by atoms with Gasteiger partial charge in [-0.15, -0.1) is 22.7 Å². The van der Waals surface area contributed by atoms with Crippen LogP contribution in [0.15, 0.2) is 200 Å². The first-order valence-corrected chi connectivity index (χ1v) is 21.7. The predicted octanol–water partition coefficient (Wildman–Crippen LogP) is 15.8. The van der Waals surface area contributed by atoms with E-state index >= 15 is 0 Å². The van der Waals surface area contributed by atoms with Crippen LogP contribution in [-0.2, 0) is 0 Å². The molecule has 4 aromatic heterocycles. The van der Waals surface area contributed by atoms with Crippen LogP contribution in [0.4, 0.5) is 0 Å². The summed E-state index contributed by atoms with van der Waals surface area (Å²) < 4.78 is 5.00. The number of para-hydroxylation sites is 1. The highest BCUT2D eigenvalue weighted by Gasteiger charge is 2.21. The highest BCUT2D eigenvalue weighted by atomic mass is 32.1. The maximum atomic E-state index is 5.68. The van der Waals surface area contributed by atoms with Crippen LogP contribution in [0.3, 0.4) is 0 Å². The molecule has 12 rings (SSSR count). The van der Waals surface area contributed by atoms with E-state index in [0.717, 1.165) is 50.4 Å². The average molecular weight is 800 g/mol. The van der Waals surface area contributed by atoms with Crippen molar-refractivity contribution in [1.82, 2.24) is 15.0 Å². The van der Waals surface area contributed by atoms with Gasteiger partial charge in [-0.05, 0) is 35.4 Å². The normalized spacial score (nSPS) is 11.7. The van der Waals surface area contributed by atoms with Gasteiger partial charge in [0.25, 0.3) is 0 Å². The summed E-state index contributed by atoms with van der Waals surface area (Å²) in [6.45, 7) is 0. The Kier molecular flexibility index (Phi) is 8.22. The lowest BCUT2D eigenvalue weighted by molar-refractivity contribution is 1.18. The van der Waals surface area contributed by atoms with Crippen molar-refractivity contribution in [2.45, 2.75) is 0 Å². The third-order valence-electron chi connectivity index (χ3n) is 11.5. The standard InChI is InChI=1S/C55H33N3S2/c1-3-14-34(15-4-1)35-28-30-37(31-29-35)47-33-46(36-16-5-2-6-17-36)56-55(57-47)39-19-11-18-38(32-39)51-54-50(44-21-8-10-27-49(44)60-54)45-25-12-22-41(52(45)58-51)43-24-13-23-42-40-20-7-9-26-48(40)59-53(42)43/h1-33H. The molecule has 0 saturated carbocycles. The minimum absolute atomic E-state index is 0.672. The minimum atomic E-state index is 0.672. The van der Waals surface area contributed by atoms with Crippen LogP contribution in [0, 0.1) is 0 Å². The Bertz CT molecular complexity index is 3590. The Labute approximate surface area is 354 Å². The van der Waals surface area contributed by atoms with E-state index in [9.17, 15) is 0 Å². The van der Waals surface area contributed by atoms with Gasteiger partial charge in [0.15, 0.2) is 5.82 Å².